The van der Waals surface area contributed by atoms with Gasteiger partial charge in [-0.15, -0.1) is 10.2 Å². The van der Waals surface area contributed by atoms with Crippen LogP contribution in [0.5, 0.6) is 0 Å². The van der Waals surface area contributed by atoms with Gasteiger partial charge < -0.3 is 9.67 Å². The third-order valence-electron chi connectivity index (χ3n) is 4.43. The van der Waals surface area contributed by atoms with Gasteiger partial charge in [-0.05, 0) is 31.6 Å². The smallest absolute Gasteiger partial charge is 0.303 e. The Balaban J connectivity index is 2.21. The molecule has 0 amide bonds. The summed E-state index contributed by atoms with van der Waals surface area (Å²) in [4.78, 5) is 11.2. The van der Waals surface area contributed by atoms with Gasteiger partial charge in [0.2, 0.25) is 0 Å². The van der Waals surface area contributed by atoms with Gasteiger partial charge in [-0.3, -0.25) is 4.79 Å². The zero-order valence-electron chi connectivity index (χ0n) is 12.6. The number of aromatic nitrogens is 3. The molecule has 20 heavy (non-hydrogen) atoms. The van der Waals surface area contributed by atoms with E-state index in [-0.39, 0.29) is 11.8 Å². The Morgan fingerprint density at radius 2 is 2.00 bits per heavy atom. The van der Waals surface area contributed by atoms with E-state index in [9.17, 15) is 9.90 Å². The van der Waals surface area contributed by atoms with Crippen LogP contribution in [0, 0.1) is 12.3 Å². The Hall–Kier alpha value is -1.39. The zero-order valence-corrected chi connectivity index (χ0v) is 12.6. The van der Waals surface area contributed by atoms with Crippen LogP contribution in [0.4, 0.5) is 0 Å². The minimum absolute atomic E-state index is 0.116. The Morgan fingerprint density at radius 3 is 2.60 bits per heavy atom. The molecule has 0 radical (unpaired) electrons. The van der Waals surface area contributed by atoms with E-state index < -0.39 is 5.97 Å². The Morgan fingerprint density at radius 1 is 1.30 bits per heavy atom. The summed E-state index contributed by atoms with van der Waals surface area (Å²) in [5.74, 6) is 1.21. The molecule has 1 aromatic rings. The number of aliphatic carboxylic acids is 1. The monoisotopic (exact) mass is 279 g/mol. The molecule has 1 saturated carbocycles. The molecule has 0 aromatic carbocycles. The number of hydrogen-bond donors (Lipinski definition) is 1. The van der Waals surface area contributed by atoms with Crippen molar-refractivity contribution in [2.24, 2.45) is 5.41 Å². The van der Waals surface area contributed by atoms with Crippen molar-refractivity contribution in [2.75, 3.05) is 0 Å². The lowest BCUT2D eigenvalue weighted by Crippen LogP contribution is -2.31. The second-order valence-electron chi connectivity index (χ2n) is 6.12. The van der Waals surface area contributed by atoms with Crippen molar-refractivity contribution in [1.29, 1.82) is 0 Å². The summed E-state index contributed by atoms with van der Waals surface area (Å²) in [6.07, 6.45) is 7.53. The SMILES string of the molecule is CCCn1c(C)nnc1CC1(CC(=O)O)CCCCC1. The molecule has 1 aliphatic rings. The second-order valence-corrected chi connectivity index (χ2v) is 6.12. The molecule has 112 valence electrons. The maximum atomic E-state index is 11.2. The Bertz CT molecular complexity index is 462. The first-order valence-corrected chi connectivity index (χ1v) is 7.67. The minimum atomic E-state index is -0.690. The van der Waals surface area contributed by atoms with E-state index in [1.807, 2.05) is 6.92 Å². The molecule has 1 fully saturated rings. The Kier molecular flexibility index (Phi) is 4.78. The standard InChI is InChI=1S/C15H25N3O2/c1-3-9-18-12(2)16-17-13(18)10-15(11-14(19)20)7-5-4-6-8-15/h3-11H2,1-2H3,(H,19,20). The molecule has 1 aliphatic carbocycles. The van der Waals surface area contributed by atoms with Crippen molar-refractivity contribution in [3.8, 4) is 0 Å². The van der Waals surface area contributed by atoms with E-state index in [4.69, 9.17) is 0 Å². The molecule has 0 bridgehead atoms. The van der Waals surface area contributed by atoms with Crippen molar-refractivity contribution in [1.82, 2.24) is 14.8 Å². The summed E-state index contributed by atoms with van der Waals surface area (Å²) in [6, 6.07) is 0. The number of carboxylic acids is 1. The Labute approximate surface area is 120 Å². The number of carboxylic acid groups (broad SMARTS) is 1. The maximum absolute atomic E-state index is 11.2. The van der Waals surface area contributed by atoms with Crippen molar-refractivity contribution in [3.63, 3.8) is 0 Å². The van der Waals surface area contributed by atoms with Gasteiger partial charge in [-0.1, -0.05) is 26.2 Å². The zero-order chi connectivity index (χ0) is 14.6. The molecule has 1 heterocycles. The van der Waals surface area contributed by atoms with Crippen LogP contribution in [0.1, 0.15) is 63.5 Å². The van der Waals surface area contributed by atoms with Crippen LogP contribution in [-0.2, 0) is 17.8 Å². The molecule has 1 N–H and O–H groups in total. The van der Waals surface area contributed by atoms with E-state index >= 15 is 0 Å². The summed E-state index contributed by atoms with van der Waals surface area (Å²) in [7, 11) is 0. The predicted octanol–water partition coefficient (Wildman–Crippen LogP) is 2.96. The molecule has 0 atom stereocenters. The van der Waals surface area contributed by atoms with Gasteiger partial charge in [-0.2, -0.15) is 0 Å². The largest absolute Gasteiger partial charge is 0.481 e. The van der Waals surface area contributed by atoms with Crippen molar-refractivity contribution >= 4 is 5.97 Å². The van der Waals surface area contributed by atoms with Gasteiger partial charge in [0.15, 0.2) is 0 Å². The average molecular weight is 279 g/mol. The molecule has 0 aliphatic heterocycles. The lowest BCUT2D eigenvalue weighted by Gasteiger charge is -2.35. The minimum Gasteiger partial charge on any atom is -0.481 e. The number of rotatable bonds is 6. The van der Waals surface area contributed by atoms with Gasteiger partial charge in [0.1, 0.15) is 11.6 Å². The van der Waals surface area contributed by atoms with Crippen LogP contribution in [0.2, 0.25) is 0 Å². The molecular formula is C15H25N3O2. The molecule has 1 aromatic heterocycles. The first-order valence-electron chi connectivity index (χ1n) is 7.67. The number of hydrogen-bond acceptors (Lipinski definition) is 3. The van der Waals surface area contributed by atoms with Crippen LogP contribution in [0.25, 0.3) is 0 Å². The highest BCUT2D eigenvalue weighted by atomic mass is 16.4. The lowest BCUT2D eigenvalue weighted by molar-refractivity contribution is -0.140. The summed E-state index contributed by atoms with van der Waals surface area (Å²) in [5, 5.41) is 17.7. The molecule has 0 unspecified atom stereocenters. The van der Waals surface area contributed by atoms with E-state index in [1.54, 1.807) is 0 Å². The summed E-state index contributed by atoms with van der Waals surface area (Å²) < 4.78 is 2.15. The lowest BCUT2D eigenvalue weighted by atomic mass is 9.69. The van der Waals surface area contributed by atoms with E-state index in [0.717, 1.165) is 56.7 Å². The van der Waals surface area contributed by atoms with Crippen LogP contribution >= 0.6 is 0 Å². The summed E-state index contributed by atoms with van der Waals surface area (Å²) in [6.45, 7) is 5.02. The van der Waals surface area contributed by atoms with Gasteiger partial charge in [0.25, 0.3) is 0 Å². The normalized spacial score (nSPS) is 18.1. The van der Waals surface area contributed by atoms with E-state index in [2.05, 4.69) is 21.7 Å². The van der Waals surface area contributed by atoms with Crippen LogP contribution < -0.4 is 0 Å². The second kappa shape index (κ2) is 6.37. The van der Waals surface area contributed by atoms with Gasteiger partial charge in [0, 0.05) is 13.0 Å². The fraction of sp³-hybridized carbons (Fsp3) is 0.800. The van der Waals surface area contributed by atoms with Crippen LogP contribution in [-0.4, -0.2) is 25.8 Å². The molecule has 5 nitrogen and oxygen atoms in total. The quantitative estimate of drug-likeness (QED) is 0.869. The van der Waals surface area contributed by atoms with Gasteiger partial charge >= 0.3 is 5.97 Å². The van der Waals surface area contributed by atoms with Crippen molar-refractivity contribution in [2.45, 2.75) is 71.8 Å². The van der Waals surface area contributed by atoms with Crippen molar-refractivity contribution < 1.29 is 9.90 Å². The number of nitrogens with zero attached hydrogens (tertiary/aromatic N) is 3. The molecular weight excluding hydrogens is 254 g/mol. The first kappa shape index (κ1) is 15.0. The molecule has 0 spiro atoms. The third-order valence-corrected chi connectivity index (χ3v) is 4.43. The average Bonchev–Trinajstić information content (AvgIpc) is 2.72. The van der Waals surface area contributed by atoms with Crippen LogP contribution in [0.3, 0.4) is 0 Å². The maximum Gasteiger partial charge on any atom is 0.303 e. The molecule has 5 heteroatoms. The van der Waals surface area contributed by atoms with Crippen LogP contribution in [0.15, 0.2) is 0 Å². The highest BCUT2D eigenvalue weighted by Crippen LogP contribution is 2.41. The third kappa shape index (κ3) is 3.38. The fourth-order valence-electron chi connectivity index (χ4n) is 3.44. The molecule has 0 saturated heterocycles. The predicted molar refractivity (Wildman–Crippen MR) is 76.5 cm³/mol. The van der Waals surface area contributed by atoms with Gasteiger partial charge in [-0.25, -0.2) is 0 Å². The summed E-state index contributed by atoms with van der Waals surface area (Å²) >= 11 is 0. The summed E-state index contributed by atoms with van der Waals surface area (Å²) in [5.41, 5.74) is -0.116. The van der Waals surface area contributed by atoms with E-state index in [0.29, 0.717) is 0 Å². The number of carbonyl (C=O) groups is 1. The highest BCUT2D eigenvalue weighted by Gasteiger charge is 2.36. The highest BCUT2D eigenvalue weighted by molar-refractivity contribution is 5.67. The first-order chi connectivity index (χ1) is 9.56. The van der Waals surface area contributed by atoms with Gasteiger partial charge in [0.05, 0.1) is 6.42 Å². The number of aryl methyl sites for hydroxylation is 1. The van der Waals surface area contributed by atoms with Crippen molar-refractivity contribution in [3.05, 3.63) is 11.6 Å². The topological polar surface area (TPSA) is 68.0 Å². The van der Waals surface area contributed by atoms with E-state index in [1.165, 1.54) is 6.42 Å². The molecule has 2 rings (SSSR count). The fourth-order valence-corrected chi connectivity index (χ4v) is 3.44.